The molecule has 0 aliphatic carbocycles. The molecule has 4 rings (SSSR count). The Labute approximate surface area is 163 Å². The fourth-order valence-electron chi connectivity index (χ4n) is 4.29. The summed E-state index contributed by atoms with van der Waals surface area (Å²) in [6.45, 7) is 3.57. The van der Waals surface area contributed by atoms with Crippen molar-refractivity contribution >= 4 is 16.9 Å². The van der Waals surface area contributed by atoms with Crippen LogP contribution in [0.25, 0.3) is 22.0 Å². The lowest BCUT2D eigenvalue weighted by molar-refractivity contribution is 0.0683. The number of aliphatic hydroxyl groups is 1. The van der Waals surface area contributed by atoms with E-state index in [1.54, 1.807) is 0 Å². The van der Waals surface area contributed by atoms with E-state index in [1.165, 1.54) is 0 Å². The van der Waals surface area contributed by atoms with Crippen LogP contribution >= 0.6 is 0 Å². The lowest BCUT2D eigenvalue weighted by Gasteiger charge is -2.12. The van der Waals surface area contributed by atoms with Gasteiger partial charge in [0.2, 0.25) is 0 Å². The summed E-state index contributed by atoms with van der Waals surface area (Å²) in [4.78, 5) is 12.2. The molecule has 2 N–H and O–H groups in total. The number of hydrogen-bond donors (Lipinski definition) is 2. The first-order valence-corrected chi connectivity index (χ1v) is 9.63. The topological polar surface area (TPSA) is 89.5 Å². The highest BCUT2D eigenvalue weighted by molar-refractivity contribution is 6.04. The summed E-state index contributed by atoms with van der Waals surface area (Å²) in [5.74, 6) is -0.958. The first-order valence-electron chi connectivity index (χ1n) is 9.63. The Kier molecular flexibility index (Phi) is 4.95. The minimum atomic E-state index is -0.958. The molecule has 0 spiro atoms. The molecule has 1 aromatic carbocycles. The van der Waals surface area contributed by atoms with Gasteiger partial charge in [-0.15, -0.1) is 0 Å². The van der Waals surface area contributed by atoms with Gasteiger partial charge < -0.3 is 19.5 Å². The Morgan fingerprint density at radius 2 is 2.14 bits per heavy atom. The van der Waals surface area contributed by atoms with Crippen molar-refractivity contribution in [2.24, 2.45) is 7.05 Å². The minimum Gasteiger partial charge on any atom is -0.477 e. The Morgan fingerprint density at radius 1 is 1.32 bits per heavy atom. The summed E-state index contributed by atoms with van der Waals surface area (Å²) in [7, 11) is 1.91. The van der Waals surface area contributed by atoms with Gasteiger partial charge in [-0.05, 0) is 31.7 Å². The summed E-state index contributed by atoms with van der Waals surface area (Å²) in [5, 5.41) is 25.1. The molecule has 0 atom stereocenters. The second-order valence-electron chi connectivity index (χ2n) is 7.25. The summed E-state index contributed by atoms with van der Waals surface area (Å²) in [6.07, 6.45) is 1.98. The molecule has 2 aromatic heterocycles. The average molecular weight is 383 g/mol. The quantitative estimate of drug-likeness (QED) is 0.726. The van der Waals surface area contributed by atoms with Gasteiger partial charge in [-0.25, -0.2) is 4.79 Å². The van der Waals surface area contributed by atoms with Crippen LogP contribution in [0.1, 0.15) is 40.3 Å². The van der Waals surface area contributed by atoms with Crippen molar-refractivity contribution in [3.8, 4) is 11.1 Å². The average Bonchev–Trinajstić information content (AvgIpc) is 3.12. The largest absolute Gasteiger partial charge is 0.477 e. The maximum atomic E-state index is 12.2. The van der Waals surface area contributed by atoms with Crippen molar-refractivity contribution in [1.82, 2.24) is 14.3 Å². The molecule has 3 heterocycles. The standard InChI is InChI=1S/C21H25N3O4/c1-13-18-16-7-5-6-14-15(8-10-25)20(21(26)27)24(19(14)16)9-3-4-11-28-12-17(18)22-23(13)2/h5-7,25H,3-4,8-12H2,1-2H3,(H,26,27). The van der Waals surface area contributed by atoms with E-state index in [4.69, 9.17) is 4.74 Å². The molecule has 3 aromatic rings. The second-order valence-corrected chi connectivity index (χ2v) is 7.25. The number of aryl methyl sites for hydroxylation is 2. The highest BCUT2D eigenvalue weighted by Gasteiger charge is 2.26. The van der Waals surface area contributed by atoms with Crippen molar-refractivity contribution in [2.45, 2.75) is 39.3 Å². The number of hydrogen-bond acceptors (Lipinski definition) is 4. The molecule has 0 radical (unpaired) electrons. The van der Waals surface area contributed by atoms with E-state index < -0.39 is 5.97 Å². The number of fused-ring (bicyclic) bond motifs is 2. The third-order valence-electron chi connectivity index (χ3n) is 5.59. The van der Waals surface area contributed by atoms with Gasteiger partial charge in [-0.1, -0.05) is 18.2 Å². The first kappa shape index (κ1) is 18.7. The Balaban J connectivity index is 2.12. The zero-order valence-electron chi connectivity index (χ0n) is 16.2. The van der Waals surface area contributed by atoms with Gasteiger partial charge in [0, 0.05) is 49.0 Å². The number of aromatic carboxylic acids is 1. The number of ether oxygens (including phenoxy) is 1. The van der Waals surface area contributed by atoms with Gasteiger partial charge in [0.1, 0.15) is 5.69 Å². The summed E-state index contributed by atoms with van der Waals surface area (Å²) < 4.78 is 9.60. The van der Waals surface area contributed by atoms with E-state index in [9.17, 15) is 15.0 Å². The van der Waals surface area contributed by atoms with Crippen molar-refractivity contribution in [1.29, 1.82) is 0 Å². The van der Waals surface area contributed by atoms with Crippen LogP contribution in [0.2, 0.25) is 0 Å². The van der Waals surface area contributed by atoms with Gasteiger partial charge in [0.05, 0.1) is 17.8 Å². The monoisotopic (exact) mass is 383 g/mol. The first-order chi connectivity index (χ1) is 13.5. The van der Waals surface area contributed by atoms with Crippen LogP contribution in [-0.2, 0) is 31.4 Å². The SMILES string of the molecule is Cc1c2c(nn1C)COCCCCn1c(C(=O)O)c(CCO)c3cccc-2c31. The number of carboxylic acids is 1. The highest BCUT2D eigenvalue weighted by Crippen LogP contribution is 2.38. The molecule has 0 amide bonds. The van der Waals surface area contributed by atoms with E-state index in [0.717, 1.165) is 46.3 Å². The predicted molar refractivity (Wildman–Crippen MR) is 106 cm³/mol. The Morgan fingerprint density at radius 3 is 2.89 bits per heavy atom. The maximum Gasteiger partial charge on any atom is 0.352 e. The summed E-state index contributed by atoms with van der Waals surface area (Å²) in [6, 6.07) is 5.93. The molecule has 0 bridgehead atoms. The van der Waals surface area contributed by atoms with Gasteiger partial charge in [-0.3, -0.25) is 4.68 Å². The molecule has 7 heteroatoms. The van der Waals surface area contributed by atoms with Crippen molar-refractivity contribution in [2.75, 3.05) is 13.2 Å². The highest BCUT2D eigenvalue weighted by atomic mass is 16.5. The fraction of sp³-hybridized carbons (Fsp3) is 0.429. The van der Waals surface area contributed by atoms with Crippen LogP contribution in [0.3, 0.4) is 0 Å². The predicted octanol–water partition coefficient (Wildman–Crippen LogP) is 2.89. The number of carboxylic acid groups (broad SMARTS) is 1. The molecule has 0 fully saturated rings. The van der Waals surface area contributed by atoms with Crippen LogP contribution in [0.4, 0.5) is 0 Å². The number of aromatic nitrogens is 3. The fourth-order valence-corrected chi connectivity index (χ4v) is 4.29. The Bertz CT molecular complexity index is 1050. The van der Waals surface area contributed by atoms with Crippen molar-refractivity contribution in [3.05, 3.63) is 40.8 Å². The van der Waals surface area contributed by atoms with E-state index in [2.05, 4.69) is 5.10 Å². The zero-order chi connectivity index (χ0) is 19.8. The summed E-state index contributed by atoms with van der Waals surface area (Å²) >= 11 is 0. The number of carbonyl (C=O) groups is 1. The molecule has 7 nitrogen and oxygen atoms in total. The molecular formula is C21H25N3O4. The van der Waals surface area contributed by atoms with Crippen molar-refractivity contribution < 1.29 is 19.7 Å². The Hall–Kier alpha value is -2.64. The van der Waals surface area contributed by atoms with Crippen molar-refractivity contribution in [3.63, 3.8) is 0 Å². The number of benzene rings is 1. The van der Waals surface area contributed by atoms with Gasteiger partial charge in [0.15, 0.2) is 0 Å². The molecule has 1 aliphatic heterocycles. The van der Waals surface area contributed by atoms with Crippen LogP contribution in [0.15, 0.2) is 18.2 Å². The number of rotatable bonds is 3. The molecule has 0 saturated carbocycles. The normalized spacial score (nSPS) is 14.7. The van der Waals surface area contributed by atoms with Crippen LogP contribution < -0.4 is 0 Å². The van der Waals surface area contributed by atoms with Gasteiger partial charge in [-0.2, -0.15) is 5.10 Å². The lowest BCUT2D eigenvalue weighted by Crippen LogP contribution is -2.12. The van der Waals surface area contributed by atoms with E-state index in [-0.39, 0.29) is 12.3 Å². The van der Waals surface area contributed by atoms with Crippen LogP contribution in [0.5, 0.6) is 0 Å². The van der Waals surface area contributed by atoms with E-state index in [1.807, 2.05) is 41.4 Å². The molecular weight excluding hydrogens is 358 g/mol. The summed E-state index contributed by atoms with van der Waals surface area (Å²) in [5.41, 5.74) is 5.73. The molecule has 0 saturated heterocycles. The van der Waals surface area contributed by atoms with Gasteiger partial charge >= 0.3 is 5.97 Å². The number of nitrogens with zero attached hydrogens (tertiary/aromatic N) is 3. The van der Waals surface area contributed by atoms with E-state index in [0.29, 0.717) is 31.7 Å². The lowest BCUT2D eigenvalue weighted by atomic mass is 9.99. The van der Waals surface area contributed by atoms with E-state index >= 15 is 0 Å². The zero-order valence-corrected chi connectivity index (χ0v) is 16.2. The number of aliphatic hydroxyl groups excluding tert-OH is 1. The van der Waals surface area contributed by atoms with Gasteiger partial charge in [0.25, 0.3) is 0 Å². The van der Waals surface area contributed by atoms with Crippen LogP contribution in [-0.4, -0.2) is 43.7 Å². The van der Waals surface area contributed by atoms with Crippen LogP contribution in [0, 0.1) is 6.92 Å². The second kappa shape index (κ2) is 7.41. The molecule has 0 unspecified atom stereocenters. The third-order valence-corrected chi connectivity index (χ3v) is 5.59. The molecule has 28 heavy (non-hydrogen) atoms. The minimum absolute atomic E-state index is 0.0887. The number of para-hydroxylation sites is 1. The maximum absolute atomic E-state index is 12.2. The molecule has 1 aliphatic rings. The smallest absolute Gasteiger partial charge is 0.352 e. The molecule has 148 valence electrons. The third kappa shape index (κ3) is 2.91.